The van der Waals surface area contributed by atoms with E-state index >= 15 is 0 Å². The van der Waals surface area contributed by atoms with Crippen molar-refractivity contribution in [3.8, 4) is 5.75 Å². The summed E-state index contributed by atoms with van der Waals surface area (Å²) in [5.74, 6) is -0.0236. The molecular weight excluding hydrogens is 273 g/mol. The van der Waals surface area contributed by atoms with Crippen LogP contribution in [0.2, 0.25) is 0 Å². The summed E-state index contributed by atoms with van der Waals surface area (Å²) < 4.78 is 41.2. The minimum absolute atomic E-state index is 0.0572. The number of ether oxygens (including phenoxy) is 1. The van der Waals surface area contributed by atoms with Crippen molar-refractivity contribution in [2.24, 2.45) is 5.92 Å². The molecule has 0 radical (unpaired) electrons. The fraction of sp³-hybridized carbons (Fsp3) is 0.462. The van der Waals surface area contributed by atoms with Gasteiger partial charge in [-0.25, -0.2) is 0 Å². The highest BCUT2D eigenvalue weighted by Crippen LogP contribution is 2.22. The molecule has 1 fully saturated rings. The smallest absolute Gasteiger partial charge is 0.422 e. The summed E-state index contributed by atoms with van der Waals surface area (Å²) in [4.78, 5) is 11.7. The van der Waals surface area contributed by atoms with Crippen molar-refractivity contribution < 1.29 is 22.7 Å². The lowest BCUT2D eigenvalue weighted by Gasteiger charge is -2.26. The van der Waals surface area contributed by atoms with Crippen LogP contribution in [0.25, 0.3) is 0 Å². The second kappa shape index (κ2) is 6.13. The zero-order valence-electron chi connectivity index (χ0n) is 10.7. The zero-order valence-corrected chi connectivity index (χ0v) is 10.7. The quantitative estimate of drug-likeness (QED) is 0.862. The van der Waals surface area contributed by atoms with Gasteiger partial charge in [-0.2, -0.15) is 13.2 Å². The van der Waals surface area contributed by atoms with Crippen LogP contribution in [0.15, 0.2) is 24.3 Å². The van der Waals surface area contributed by atoms with Gasteiger partial charge >= 0.3 is 6.18 Å². The molecule has 20 heavy (non-hydrogen) atoms. The molecule has 0 bridgehead atoms. The molecule has 110 valence electrons. The van der Waals surface area contributed by atoms with Gasteiger partial charge in [-0.1, -0.05) is 18.2 Å². The number of halogens is 3. The molecule has 1 heterocycles. The fourth-order valence-corrected chi connectivity index (χ4v) is 1.75. The van der Waals surface area contributed by atoms with E-state index in [0.717, 1.165) is 0 Å². The summed E-state index contributed by atoms with van der Waals surface area (Å²) in [5.41, 5.74) is 0.525. The monoisotopic (exact) mass is 288 g/mol. The largest absolute Gasteiger partial charge is 0.484 e. The van der Waals surface area contributed by atoms with Crippen LogP contribution in [0.1, 0.15) is 5.56 Å². The van der Waals surface area contributed by atoms with E-state index in [2.05, 4.69) is 10.6 Å². The van der Waals surface area contributed by atoms with E-state index < -0.39 is 12.8 Å². The van der Waals surface area contributed by atoms with Crippen LogP contribution in [0.3, 0.4) is 0 Å². The average Bonchev–Trinajstić information content (AvgIpc) is 2.31. The van der Waals surface area contributed by atoms with Crippen molar-refractivity contribution in [1.29, 1.82) is 0 Å². The van der Waals surface area contributed by atoms with Crippen molar-refractivity contribution in [2.75, 3.05) is 19.7 Å². The van der Waals surface area contributed by atoms with Gasteiger partial charge in [-0.05, 0) is 6.07 Å². The molecule has 7 heteroatoms. The molecular formula is C13H15F3N2O2. The van der Waals surface area contributed by atoms with Crippen LogP contribution < -0.4 is 15.4 Å². The number of para-hydroxylation sites is 1. The van der Waals surface area contributed by atoms with Crippen LogP contribution in [0, 0.1) is 5.92 Å². The van der Waals surface area contributed by atoms with E-state index in [1.807, 2.05) is 0 Å². The molecule has 1 aliphatic heterocycles. The van der Waals surface area contributed by atoms with Gasteiger partial charge in [0, 0.05) is 25.2 Å². The number of hydrogen-bond acceptors (Lipinski definition) is 3. The Balaban J connectivity index is 1.91. The number of carbonyl (C=O) groups excluding carboxylic acids is 1. The Morgan fingerprint density at radius 1 is 1.35 bits per heavy atom. The van der Waals surface area contributed by atoms with E-state index in [0.29, 0.717) is 18.7 Å². The van der Waals surface area contributed by atoms with Gasteiger partial charge < -0.3 is 15.4 Å². The van der Waals surface area contributed by atoms with Crippen LogP contribution in [0.4, 0.5) is 13.2 Å². The molecule has 0 aromatic heterocycles. The van der Waals surface area contributed by atoms with Gasteiger partial charge in [0.2, 0.25) is 5.91 Å². The lowest BCUT2D eigenvalue weighted by atomic mass is 10.0. The number of hydrogen-bond donors (Lipinski definition) is 2. The normalized spacial score (nSPS) is 15.6. The summed E-state index contributed by atoms with van der Waals surface area (Å²) in [6.45, 7) is 0.0873. The average molecular weight is 288 g/mol. The first-order valence-corrected chi connectivity index (χ1v) is 6.21. The summed E-state index contributed by atoms with van der Waals surface area (Å²) >= 11 is 0. The number of benzene rings is 1. The first-order chi connectivity index (χ1) is 9.46. The van der Waals surface area contributed by atoms with E-state index in [1.54, 1.807) is 18.2 Å². The van der Waals surface area contributed by atoms with Gasteiger partial charge in [0.1, 0.15) is 5.75 Å². The van der Waals surface area contributed by atoms with Gasteiger partial charge in [-0.15, -0.1) is 0 Å². The van der Waals surface area contributed by atoms with Crippen LogP contribution in [-0.2, 0) is 11.3 Å². The maximum Gasteiger partial charge on any atom is 0.422 e. The highest BCUT2D eigenvalue weighted by atomic mass is 19.4. The number of rotatable bonds is 5. The van der Waals surface area contributed by atoms with Crippen molar-refractivity contribution in [1.82, 2.24) is 10.6 Å². The summed E-state index contributed by atoms with van der Waals surface area (Å²) in [5, 5.41) is 5.68. The molecule has 1 aromatic carbocycles. The molecule has 4 nitrogen and oxygen atoms in total. The number of alkyl halides is 3. The molecule has 1 aliphatic rings. The first kappa shape index (κ1) is 14.6. The third-order valence-corrected chi connectivity index (χ3v) is 2.97. The second-order valence-corrected chi connectivity index (χ2v) is 4.58. The van der Waals surface area contributed by atoms with E-state index in [4.69, 9.17) is 4.74 Å². The predicted octanol–water partition coefficient (Wildman–Crippen LogP) is 1.46. The zero-order chi connectivity index (χ0) is 14.6. The molecule has 1 saturated heterocycles. The van der Waals surface area contributed by atoms with Gasteiger partial charge in [0.25, 0.3) is 0 Å². The molecule has 0 unspecified atom stereocenters. The summed E-state index contributed by atoms with van der Waals surface area (Å²) in [6, 6.07) is 6.36. The fourth-order valence-electron chi connectivity index (χ4n) is 1.75. The predicted molar refractivity (Wildman–Crippen MR) is 66.2 cm³/mol. The van der Waals surface area contributed by atoms with Crippen molar-refractivity contribution in [3.63, 3.8) is 0 Å². The molecule has 2 N–H and O–H groups in total. The molecule has 1 amide bonds. The van der Waals surface area contributed by atoms with Gasteiger partial charge in [-0.3, -0.25) is 4.79 Å². The maximum atomic E-state index is 12.1. The number of carbonyl (C=O) groups is 1. The first-order valence-electron chi connectivity index (χ1n) is 6.21. The van der Waals surface area contributed by atoms with Crippen molar-refractivity contribution >= 4 is 5.91 Å². The summed E-state index contributed by atoms with van der Waals surface area (Å²) in [6.07, 6.45) is -4.38. The molecule has 0 spiro atoms. The summed E-state index contributed by atoms with van der Waals surface area (Å²) in [7, 11) is 0. The number of nitrogens with one attached hydrogen (secondary N) is 2. The lowest BCUT2D eigenvalue weighted by Crippen LogP contribution is -2.50. The van der Waals surface area contributed by atoms with Gasteiger partial charge in [0.05, 0.1) is 5.92 Å². The molecule has 1 aromatic rings. The maximum absolute atomic E-state index is 12.1. The topological polar surface area (TPSA) is 50.4 Å². The van der Waals surface area contributed by atoms with Crippen molar-refractivity contribution in [3.05, 3.63) is 29.8 Å². The Morgan fingerprint density at radius 2 is 2.05 bits per heavy atom. The minimum atomic E-state index is -4.38. The highest BCUT2D eigenvalue weighted by molar-refractivity contribution is 5.80. The number of amides is 1. The van der Waals surface area contributed by atoms with Crippen LogP contribution >= 0.6 is 0 Å². The van der Waals surface area contributed by atoms with E-state index in [-0.39, 0.29) is 24.1 Å². The Hall–Kier alpha value is -1.76. The van der Waals surface area contributed by atoms with Crippen LogP contribution in [-0.4, -0.2) is 31.8 Å². The molecule has 0 atom stereocenters. The lowest BCUT2D eigenvalue weighted by molar-refractivity contribution is -0.153. The van der Waals surface area contributed by atoms with Crippen LogP contribution in [0.5, 0.6) is 5.75 Å². The van der Waals surface area contributed by atoms with Crippen molar-refractivity contribution in [2.45, 2.75) is 12.7 Å². The Labute approximate surface area is 114 Å². The Morgan fingerprint density at radius 3 is 2.65 bits per heavy atom. The Kier molecular flexibility index (Phi) is 4.49. The third kappa shape index (κ3) is 4.12. The SMILES string of the molecule is O=C(NCc1ccccc1OCC(F)(F)F)C1CNC1. The second-order valence-electron chi connectivity index (χ2n) is 4.58. The standard InChI is InChI=1S/C13H15F3N2O2/c14-13(15,16)8-20-11-4-2-1-3-9(11)7-18-12(19)10-5-17-6-10/h1-4,10,17H,5-8H2,(H,18,19). The molecule has 2 rings (SSSR count). The van der Waals surface area contributed by atoms with E-state index in [1.165, 1.54) is 6.07 Å². The molecule has 0 saturated carbocycles. The van der Waals surface area contributed by atoms with Gasteiger partial charge in [0.15, 0.2) is 6.61 Å². The third-order valence-electron chi connectivity index (χ3n) is 2.97. The van der Waals surface area contributed by atoms with E-state index in [9.17, 15) is 18.0 Å². The highest BCUT2D eigenvalue weighted by Gasteiger charge is 2.29. The molecule has 0 aliphatic carbocycles. The minimum Gasteiger partial charge on any atom is -0.484 e. The Bertz CT molecular complexity index is 473.